The molecular formula is C14H17N3O4. The molecule has 0 radical (unpaired) electrons. The van der Waals surface area contributed by atoms with E-state index in [4.69, 9.17) is 15.0 Å². The molecule has 0 aliphatic rings. The fourth-order valence-corrected chi connectivity index (χ4v) is 2.12. The second kappa shape index (κ2) is 5.82. The molecule has 0 fully saturated rings. The molecule has 0 bridgehead atoms. The van der Waals surface area contributed by atoms with Crippen molar-refractivity contribution < 1.29 is 14.2 Å². The molecule has 1 heterocycles. The Kier molecular flexibility index (Phi) is 4.11. The van der Waals surface area contributed by atoms with E-state index >= 15 is 0 Å². The molecule has 0 aliphatic heterocycles. The molecule has 7 heteroatoms. The van der Waals surface area contributed by atoms with E-state index in [2.05, 4.69) is 19.0 Å². The summed E-state index contributed by atoms with van der Waals surface area (Å²) in [5.74, 6) is 1.42. The molecule has 0 unspecified atom stereocenters. The van der Waals surface area contributed by atoms with Gasteiger partial charge in [0.2, 0.25) is 0 Å². The van der Waals surface area contributed by atoms with E-state index < -0.39 is 4.92 Å². The van der Waals surface area contributed by atoms with E-state index in [1.807, 2.05) is 0 Å². The molecule has 2 rings (SSSR count). The van der Waals surface area contributed by atoms with E-state index in [0.717, 1.165) is 5.56 Å². The second-order valence-electron chi connectivity index (χ2n) is 5.12. The maximum Gasteiger partial charge on any atom is 0.310 e. The lowest BCUT2D eigenvalue weighted by molar-refractivity contribution is -0.385. The van der Waals surface area contributed by atoms with Gasteiger partial charge in [0.15, 0.2) is 17.3 Å². The largest absolute Gasteiger partial charge is 0.490 e. The predicted octanol–water partition coefficient (Wildman–Crippen LogP) is 3.04. The zero-order valence-corrected chi connectivity index (χ0v) is 12.1. The van der Waals surface area contributed by atoms with Gasteiger partial charge in [0.1, 0.15) is 0 Å². The van der Waals surface area contributed by atoms with E-state index in [9.17, 15) is 10.1 Å². The first-order valence-corrected chi connectivity index (χ1v) is 6.50. The molecule has 2 N–H and O–H groups in total. The fraction of sp³-hybridized carbons (Fsp3) is 0.357. The SMILES string of the molecule is COc1cc(-c2onc(N)c2CC(C)C)ccc1[N+](=O)[O-]. The number of benzene rings is 1. The van der Waals surface area contributed by atoms with E-state index in [1.54, 1.807) is 12.1 Å². The number of nitro benzene ring substituents is 1. The van der Waals surface area contributed by atoms with Gasteiger partial charge in [0, 0.05) is 17.2 Å². The highest BCUT2D eigenvalue weighted by Crippen LogP contribution is 2.35. The summed E-state index contributed by atoms with van der Waals surface area (Å²) in [6, 6.07) is 4.54. The maximum atomic E-state index is 10.9. The van der Waals surface area contributed by atoms with Crippen LogP contribution in [0, 0.1) is 16.0 Å². The van der Waals surface area contributed by atoms with E-state index in [0.29, 0.717) is 29.5 Å². The van der Waals surface area contributed by atoms with Gasteiger partial charge in [-0.1, -0.05) is 19.0 Å². The molecule has 0 saturated carbocycles. The Bertz CT molecular complexity index is 664. The quantitative estimate of drug-likeness (QED) is 0.670. The third kappa shape index (κ3) is 2.96. The zero-order valence-electron chi connectivity index (χ0n) is 12.1. The fourth-order valence-electron chi connectivity index (χ4n) is 2.12. The van der Waals surface area contributed by atoms with Gasteiger partial charge in [-0.25, -0.2) is 0 Å². The smallest absolute Gasteiger partial charge is 0.310 e. The number of hydrogen-bond acceptors (Lipinski definition) is 6. The summed E-state index contributed by atoms with van der Waals surface area (Å²) in [4.78, 5) is 10.4. The molecule has 0 amide bonds. The number of ether oxygens (including phenoxy) is 1. The predicted molar refractivity (Wildman–Crippen MR) is 78.1 cm³/mol. The van der Waals surface area contributed by atoms with Gasteiger partial charge in [-0.05, 0) is 24.5 Å². The third-order valence-corrected chi connectivity index (χ3v) is 3.07. The molecule has 1 aromatic carbocycles. The van der Waals surface area contributed by atoms with Crippen molar-refractivity contribution in [3.8, 4) is 17.1 Å². The number of nitro groups is 1. The van der Waals surface area contributed by atoms with Crippen LogP contribution in [-0.4, -0.2) is 17.2 Å². The van der Waals surface area contributed by atoms with Crippen LogP contribution in [0.1, 0.15) is 19.4 Å². The zero-order chi connectivity index (χ0) is 15.6. The van der Waals surface area contributed by atoms with Crippen LogP contribution in [-0.2, 0) is 6.42 Å². The van der Waals surface area contributed by atoms with Crippen molar-refractivity contribution in [2.45, 2.75) is 20.3 Å². The number of aromatic nitrogens is 1. The molecule has 0 spiro atoms. The Morgan fingerprint density at radius 3 is 2.76 bits per heavy atom. The number of anilines is 1. The Morgan fingerprint density at radius 1 is 1.48 bits per heavy atom. The normalized spacial score (nSPS) is 10.9. The number of methoxy groups -OCH3 is 1. The number of hydrogen-bond donors (Lipinski definition) is 1. The summed E-state index contributed by atoms with van der Waals surface area (Å²) >= 11 is 0. The van der Waals surface area contributed by atoms with Gasteiger partial charge in [-0.3, -0.25) is 10.1 Å². The highest BCUT2D eigenvalue weighted by molar-refractivity contribution is 5.70. The summed E-state index contributed by atoms with van der Waals surface area (Å²) in [7, 11) is 1.38. The first-order chi connectivity index (χ1) is 9.93. The van der Waals surface area contributed by atoms with Gasteiger partial charge in [0.05, 0.1) is 12.0 Å². The monoisotopic (exact) mass is 291 g/mol. The lowest BCUT2D eigenvalue weighted by atomic mass is 9.99. The number of nitrogens with two attached hydrogens (primary N) is 1. The first-order valence-electron chi connectivity index (χ1n) is 6.50. The summed E-state index contributed by atoms with van der Waals surface area (Å²) in [5, 5.41) is 14.7. The second-order valence-corrected chi connectivity index (χ2v) is 5.12. The average Bonchev–Trinajstić information content (AvgIpc) is 2.78. The van der Waals surface area contributed by atoms with Crippen LogP contribution in [0.25, 0.3) is 11.3 Å². The van der Waals surface area contributed by atoms with Crippen LogP contribution in [0.4, 0.5) is 11.5 Å². The highest BCUT2D eigenvalue weighted by atomic mass is 16.6. The Hall–Kier alpha value is -2.57. The van der Waals surface area contributed by atoms with E-state index in [-0.39, 0.29) is 11.4 Å². The number of nitrogens with zero attached hydrogens (tertiary/aromatic N) is 2. The lowest BCUT2D eigenvalue weighted by Gasteiger charge is -2.07. The first kappa shape index (κ1) is 14.8. The van der Waals surface area contributed by atoms with E-state index in [1.165, 1.54) is 13.2 Å². The van der Waals surface area contributed by atoms with Crippen molar-refractivity contribution in [1.29, 1.82) is 0 Å². The highest BCUT2D eigenvalue weighted by Gasteiger charge is 2.21. The summed E-state index contributed by atoms with van der Waals surface area (Å²) in [6.07, 6.45) is 0.712. The molecule has 0 saturated heterocycles. The van der Waals surface area contributed by atoms with Crippen molar-refractivity contribution >= 4 is 11.5 Å². The van der Waals surface area contributed by atoms with Gasteiger partial charge < -0.3 is 15.0 Å². The number of rotatable bonds is 5. The molecule has 2 aromatic rings. The molecule has 7 nitrogen and oxygen atoms in total. The van der Waals surface area contributed by atoms with Crippen LogP contribution < -0.4 is 10.5 Å². The molecule has 0 atom stereocenters. The molecule has 21 heavy (non-hydrogen) atoms. The van der Waals surface area contributed by atoms with Crippen LogP contribution >= 0.6 is 0 Å². The van der Waals surface area contributed by atoms with Crippen molar-refractivity contribution in [3.63, 3.8) is 0 Å². The standard InChI is InChI=1S/C14H17N3O4/c1-8(2)6-10-13(21-16-14(10)15)9-4-5-11(17(18)19)12(7-9)20-3/h4-5,7-8H,6H2,1-3H3,(H2,15,16). The van der Waals surface area contributed by atoms with Gasteiger partial charge in [-0.15, -0.1) is 0 Å². The van der Waals surface area contributed by atoms with Gasteiger partial charge >= 0.3 is 5.69 Å². The Balaban J connectivity index is 2.50. The lowest BCUT2D eigenvalue weighted by Crippen LogP contribution is -1.99. The Morgan fingerprint density at radius 2 is 2.19 bits per heavy atom. The molecule has 0 aliphatic carbocycles. The summed E-state index contributed by atoms with van der Waals surface area (Å²) in [5.41, 5.74) is 7.19. The van der Waals surface area contributed by atoms with Crippen LogP contribution in [0.3, 0.4) is 0 Å². The Labute approximate surface area is 121 Å². The minimum absolute atomic E-state index is 0.0980. The van der Waals surface area contributed by atoms with Gasteiger partial charge in [-0.2, -0.15) is 0 Å². The summed E-state index contributed by atoms with van der Waals surface area (Å²) < 4.78 is 10.3. The minimum atomic E-state index is -0.494. The average molecular weight is 291 g/mol. The maximum absolute atomic E-state index is 10.9. The van der Waals surface area contributed by atoms with Crippen LogP contribution in [0.15, 0.2) is 22.7 Å². The topological polar surface area (TPSA) is 104 Å². The van der Waals surface area contributed by atoms with Crippen molar-refractivity contribution in [2.75, 3.05) is 12.8 Å². The molecule has 1 aromatic heterocycles. The van der Waals surface area contributed by atoms with Crippen molar-refractivity contribution in [1.82, 2.24) is 5.16 Å². The van der Waals surface area contributed by atoms with Crippen molar-refractivity contribution in [3.05, 3.63) is 33.9 Å². The van der Waals surface area contributed by atoms with Crippen LogP contribution in [0.2, 0.25) is 0 Å². The molecule has 112 valence electrons. The van der Waals surface area contributed by atoms with Gasteiger partial charge in [0.25, 0.3) is 0 Å². The molecular weight excluding hydrogens is 274 g/mol. The van der Waals surface area contributed by atoms with Crippen LogP contribution in [0.5, 0.6) is 5.75 Å². The third-order valence-electron chi connectivity index (χ3n) is 3.07. The summed E-state index contributed by atoms with van der Waals surface area (Å²) in [6.45, 7) is 4.12. The minimum Gasteiger partial charge on any atom is -0.490 e. The number of nitrogen functional groups attached to an aromatic ring is 1. The van der Waals surface area contributed by atoms with Crippen molar-refractivity contribution in [2.24, 2.45) is 5.92 Å².